The summed E-state index contributed by atoms with van der Waals surface area (Å²) in [5, 5.41) is 18.2. The molecule has 4 rings (SSSR count). The largest absolute Gasteiger partial charge is 0.480 e. The molecule has 13 heteroatoms. The molecule has 0 radical (unpaired) electrons. The molecule has 10 N–H and O–H groups in total. The normalized spacial score (nSPS) is 13.3. The number of carbonyl (C=O) groups is 5. The number of carboxylic acids is 1. The second-order valence-corrected chi connectivity index (χ2v) is 9.97. The minimum atomic E-state index is -1.28. The van der Waals surface area contributed by atoms with Crippen LogP contribution in [-0.2, 0) is 36.8 Å². The highest BCUT2D eigenvalue weighted by molar-refractivity contribution is 5.95. The number of hydrogen-bond donors (Lipinski definition) is 8. The van der Waals surface area contributed by atoms with E-state index in [-0.39, 0.29) is 25.7 Å². The number of nitrogens with one attached hydrogen (secondary N) is 5. The number of benzene rings is 2. The number of primary amides is 1. The van der Waals surface area contributed by atoms with Gasteiger partial charge in [0.25, 0.3) is 0 Å². The number of carbonyl (C=O) groups excluding carboxylic acids is 4. The average Bonchev–Trinajstić information content (AvgIpc) is 3.57. The molecular weight excluding hydrogens is 542 g/mol. The van der Waals surface area contributed by atoms with E-state index in [4.69, 9.17) is 16.6 Å². The molecule has 3 atom stereocenters. The molecule has 0 aliphatic carbocycles. The first kappa shape index (κ1) is 29.8. The fraction of sp³-hybridized carbons (Fsp3) is 0.276. The Morgan fingerprint density at radius 3 is 1.88 bits per heavy atom. The van der Waals surface area contributed by atoms with E-state index in [9.17, 15) is 24.0 Å². The summed E-state index contributed by atoms with van der Waals surface area (Å²) in [6.45, 7) is -0.681. The summed E-state index contributed by atoms with van der Waals surface area (Å²) in [4.78, 5) is 68.1. The third-order valence-corrected chi connectivity index (χ3v) is 6.91. The molecule has 2 heterocycles. The van der Waals surface area contributed by atoms with Crippen molar-refractivity contribution in [2.24, 2.45) is 11.5 Å². The van der Waals surface area contributed by atoms with Crippen LogP contribution >= 0.6 is 0 Å². The summed E-state index contributed by atoms with van der Waals surface area (Å²) in [6, 6.07) is 11.6. The lowest BCUT2D eigenvalue weighted by molar-refractivity contribution is -0.138. The van der Waals surface area contributed by atoms with Crippen LogP contribution in [0.25, 0.3) is 21.8 Å². The Morgan fingerprint density at radius 1 is 0.762 bits per heavy atom. The van der Waals surface area contributed by atoms with Crippen LogP contribution < -0.4 is 27.4 Å². The van der Waals surface area contributed by atoms with Crippen molar-refractivity contribution in [3.8, 4) is 0 Å². The summed E-state index contributed by atoms with van der Waals surface area (Å²) in [7, 11) is 0. The third kappa shape index (κ3) is 7.52. The van der Waals surface area contributed by atoms with E-state index in [1.807, 2.05) is 48.5 Å². The number of nitrogens with two attached hydrogens (primary N) is 2. The van der Waals surface area contributed by atoms with E-state index in [0.717, 1.165) is 32.9 Å². The lowest BCUT2D eigenvalue weighted by Gasteiger charge is -2.24. The number of aromatic amines is 2. The van der Waals surface area contributed by atoms with Gasteiger partial charge in [-0.3, -0.25) is 24.0 Å². The number of fused-ring (bicyclic) bond motifs is 2. The molecule has 2 aromatic heterocycles. The lowest BCUT2D eigenvalue weighted by atomic mass is 10.0. The van der Waals surface area contributed by atoms with Crippen LogP contribution in [0.4, 0.5) is 0 Å². The molecule has 13 nitrogen and oxygen atoms in total. The van der Waals surface area contributed by atoms with Gasteiger partial charge in [-0.2, -0.15) is 0 Å². The summed E-state index contributed by atoms with van der Waals surface area (Å²) < 4.78 is 0. The monoisotopic (exact) mass is 575 g/mol. The first-order valence-electron chi connectivity index (χ1n) is 13.4. The summed E-state index contributed by atoms with van der Waals surface area (Å²) >= 11 is 0. The van der Waals surface area contributed by atoms with Gasteiger partial charge in [0.05, 0.1) is 6.04 Å². The zero-order valence-electron chi connectivity index (χ0n) is 22.7. The van der Waals surface area contributed by atoms with Crippen LogP contribution in [0.1, 0.15) is 24.0 Å². The van der Waals surface area contributed by atoms with Crippen molar-refractivity contribution in [3.63, 3.8) is 0 Å². The molecule has 42 heavy (non-hydrogen) atoms. The molecule has 0 aliphatic heterocycles. The molecule has 0 saturated heterocycles. The Balaban J connectivity index is 1.54. The van der Waals surface area contributed by atoms with Gasteiger partial charge < -0.3 is 42.5 Å². The number of para-hydroxylation sites is 2. The van der Waals surface area contributed by atoms with Gasteiger partial charge >= 0.3 is 5.97 Å². The molecule has 3 unspecified atom stereocenters. The van der Waals surface area contributed by atoms with E-state index in [1.54, 1.807) is 12.4 Å². The van der Waals surface area contributed by atoms with Crippen molar-refractivity contribution in [2.45, 2.75) is 43.8 Å². The van der Waals surface area contributed by atoms with Crippen molar-refractivity contribution in [1.29, 1.82) is 0 Å². The molecule has 2 aromatic carbocycles. The van der Waals surface area contributed by atoms with E-state index in [0.29, 0.717) is 0 Å². The fourth-order valence-electron chi connectivity index (χ4n) is 4.75. The maximum absolute atomic E-state index is 13.6. The predicted molar refractivity (Wildman–Crippen MR) is 155 cm³/mol. The Hall–Kier alpha value is -5.17. The molecule has 220 valence electrons. The number of carboxylic acid groups (broad SMARTS) is 1. The minimum absolute atomic E-state index is 0.0562. The smallest absolute Gasteiger partial charge is 0.322 e. The Morgan fingerprint density at radius 2 is 1.31 bits per heavy atom. The predicted octanol–water partition coefficient (Wildman–Crippen LogP) is 0.198. The van der Waals surface area contributed by atoms with Crippen molar-refractivity contribution in [2.75, 3.05) is 6.54 Å². The van der Waals surface area contributed by atoms with Crippen molar-refractivity contribution >= 4 is 51.4 Å². The lowest BCUT2D eigenvalue weighted by Crippen LogP contribution is -2.57. The molecule has 4 amide bonds. The van der Waals surface area contributed by atoms with Crippen LogP contribution in [0.5, 0.6) is 0 Å². The zero-order chi connectivity index (χ0) is 30.2. The topological polar surface area (TPSA) is 225 Å². The Kier molecular flexibility index (Phi) is 9.55. The molecule has 0 bridgehead atoms. The van der Waals surface area contributed by atoms with E-state index in [1.165, 1.54) is 0 Å². The van der Waals surface area contributed by atoms with Crippen LogP contribution in [-0.4, -0.2) is 69.3 Å². The van der Waals surface area contributed by atoms with Crippen molar-refractivity contribution in [1.82, 2.24) is 25.9 Å². The minimum Gasteiger partial charge on any atom is -0.480 e. The molecule has 0 aliphatic rings. The van der Waals surface area contributed by atoms with E-state index in [2.05, 4.69) is 25.9 Å². The number of aromatic nitrogens is 2. The first-order valence-corrected chi connectivity index (χ1v) is 13.4. The van der Waals surface area contributed by atoms with Gasteiger partial charge in [-0.05, 0) is 36.1 Å². The van der Waals surface area contributed by atoms with Crippen LogP contribution in [0.2, 0.25) is 0 Å². The van der Waals surface area contributed by atoms with Crippen LogP contribution in [0.15, 0.2) is 60.9 Å². The first-order chi connectivity index (χ1) is 20.1. The van der Waals surface area contributed by atoms with Gasteiger partial charge in [0.2, 0.25) is 23.6 Å². The molecule has 4 aromatic rings. The average molecular weight is 576 g/mol. The van der Waals surface area contributed by atoms with Gasteiger partial charge in [-0.15, -0.1) is 0 Å². The number of rotatable bonds is 14. The van der Waals surface area contributed by atoms with Gasteiger partial charge in [-0.25, -0.2) is 0 Å². The summed E-state index contributed by atoms with van der Waals surface area (Å²) in [6.07, 6.45) is 3.37. The summed E-state index contributed by atoms with van der Waals surface area (Å²) in [5.74, 6) is -4.08. The summed E-state index contributed by atoms with van der Waals surface area (Å²) in [5.41, 5.74) is 14.8. The fourth-order valence-corrected chi connectivity index (χ4v) is 4.75. The standard InChI is InChI=1S/C29H33N7O6/c30-20(11-16-13-32-21-7-3-1-5-18(16)21)27(40)36-24(12-17-14-33-22-8-4-2-6-19(17)22)29(42)35-23(9-10-25(31)37)28(41)34-15-26(38)39/h1-8,13-14,20,23-24,32-33H,9-12,15,30H2,(H2,31,37)(H,34,41)(H,35,42)(H,36,40)(H,38,39). The molecule has 0 saturated carbocycles. The van der Waals surface area contributed by atoms with Gasteiger partial charge in [0, 0.05) is 47.0 Å². The van der Waals surface area contributed by atoms with Crippen molar-refractivity contribution in [3.05, 3.63) is 72.1 Å². The second kappa shape index (κ2) is 13.5. The molecule has 0 fully saturated rings. The number of hydrogen-bond acceptors (Lipinski definition) is 6. The molecular formula is C29H33N7O6. The van der Waals surface area contributed by atoms with Crippen LogP contribution in [0, 0.1) is 0 Å². The second-order valence-electron chi connectivity index (χ2n) is 9.97. The maximum Gasteiger partial charge on any atom is 0.322 e. The molecule has 0 spiro atoms. The van der Waals surface area contributed by atoms with Gasteiger partial charge in [0.1, 0.15) is 18.6 Å². The quantitative estimate of drug-likeness (QED) is 0.104. The number of aliphatic carboxylic acids is 1. The highest BCUT2D eigenvalue weighted by Crippen LogP contribution is 2.21. The van der Waals surface area contributed by atoms with E-state index < -0.39 is 54.3 Å². The van der Waals surface area contributed by atoms with Gasteiger partial charge in [-0.1, -0.05) is 36.4 Å². The highest BCUT2D eigenvalue weighted by atomic mass is 16.4. The number of amides is 4. The van der Waals surface area contributed by atoms with Crippen molar-refractivity contribution < 1.29 is 29.1 Å². The highest BCUT2D eigenvalue weighted by Gasteiger charge is 2.29. The van der Waals surface area contributed by atoms with Gasteiger partial charge in [0.15, 0.2) is 0 Å². The zero-order valence-corrected chi connectivity index (χ0v) is 22.7. The van der Waals surface area contributed by atoms with E-state index >= 15 is 0 Å². The third-order valence-electron chi connectivity index (χ3n) is 6.91. The Bertz CT molecular complexity index is 1610. The number of H-pyrrole nitrogens is 2. The Labute approximate surface area is 240 Å². The van der Waals surface area contributed by atoms with Crippen LogP contribution in [0.3, 0.4) is 0 Å². The maximum atomic E-state index is 13.6. The SMILES string of the molecule is NC(=O)CCC(NC(=O)C(Cc1c[nH]c2ccccc12)NC(=O)C(N)Cc1c[nH]c2ccccc12)C(=O)NCC(=O)O.